The van der Waals surface area contributed by atoms with Crippen LogP contribution in [0, 0.1) is 22.2 Å². The van der Waals surface area contributed by atoms with Crippen LogP contribution in [-0.2, 0) is 0 Å². The highest BCUT2D eigenvalue weighted by molar-refractivity contribution is 5.35. The predicted molar refractivity (Wildman–Crippen MR) is 67.8 cm³/mol. The molecule has 1 aliphatic rings. The molecule has 0 amide bonds. The molecule has 1 aromatic carbocycles. The topological polar surface area (TPSA) is 33.0 Å². The van der Waals surface area contributed by atoms with E-state index in [0.29, 0.717) is 5.56 Å². The summed E-state index contributed by atoms with van der Waals surface area (Å²) in [5.41, 5.74) is 1.14. The second kappa shape index (κ2) is 3.77. The van der Waals surface area contributed by atoms with E-state index in [2.05, 4.69) is 33.8 Å². The molecule has 0 aromatic heterocycles. The van der Waals surface area contributed by atoms with E-state index in [1.54, 1.807) is 12.1 Å². The molecule has 17 heavy (non-hydrogen) atoms. The molecule has 2 rings (SSSR count). The van der Waals surface area contributed by atoms with Gasteiger partial charge >= 0.3 is 0 Å². The van der Waals surface area contributed by atoms with Gasteiger partial charge in [-0.25, -0.2) is 0 Å². The van der Waals surface area contributed by atoms with Gasteiger partial charge in [0.05, 0.1) is 11.6 Å². The molecule has 0 aliphatic heterocycles. The lowest BCUT2D eigenvalue weighted by molar-refractivity contribution is -0.133. The van der Waals surface area contributed by atoms with E-state index in [9.17, 15) is 0 Å². The molecule has 1 aromatic rings. The van der Waals surface area contributed by atoms with Crippen molar-refractivity contribution < 1.29 is 4.74 Å². The molecule has 0 spiro atoms. The van der Waals surface area contributed by atoms with E-state index in [4.69, 9.17) is 10.00 Å². The molecule has 0 atom stereocenters. The zero-order valence-corrected chi connectivity index (χ0v) is 10.9. The van der Waals surface area contributed by atoms with Crippen LogP contribution in [0.2, 0.25) is 0 Å². The van der Waals surface area contributed by atoms with Gasteiger partial charge in [-0.3, -0.25) is 0 Å². The van der Waals surface area contributed by atoms with Crippen molar-refractivity contribution in [3.8, 4) is 11.8 Å². The van der Waals surface area contributed by atoms with Crippen LogP contribution in [0.4, 0.5) is 0 Å². The van der Waals surface area contributed by atoms with E-state index in [-0.39, 0.29) is 16.9 Å². The van der Waals surface area contributed by atoms with E-state index in [1.165, 1.54) is 6.42 Å². The minimum absolute atomic E-state index is 0.234. The van der Waals surface area contributed by atoms with Gasteiger partial charge in [0.1, 0.15) is 11.9 Å². The molecule has 1 saturated carbocycles. The average Bonchev–Trinajstić information content (AvgIpc) is 2.25. The van der Waals surface area contributed by atoms with Gasteiger partial charge in [-0.1, -0.05) is 27.7 Å². The van der Waals surface area contributed by atoms with E-state index in [0.717, 1.165) is 5.75 Å². The summed E-state index contributed by atoms with van der Waals surface area (Å²) >= 11 is 0. The quantitative estimate of drug-likeness (QED) is 0.773. The summed E-state index contributed by atoms with van der Waals surface area (Å²) in [6.45, 7) is 8.97. The van der Waals surface area contributed by atoms with Crippen molar-refractivity contribution in [3.63, 3.8) is 0 Å². The fourth-order valence-electron chi connectivity index (χ4n) is 3.35. The van der Waals surface area contributed by atoms with Crippen LogP contribution >= 0.6 is 0 Å². The van der Waals surface area contributed by atoms with Crippen LogP contribution in [0.15, 0.2) is 24.3 Å². The van der Waals surface area contributed by atoms with Crippen LogP contribution in [0.1, 0.15) is 39.7 Å². The van der Waals surface area contributed by atoms with Crippen LogP contribution in [0.25, 0.3) is 0 Å². The van der Waals surface area contributed by atoms with E-state index >= 15 is 0 Å². The molecule has 90 valence electrons. The minimum Gasteiger partial charge on any atom is -0.489 e. The smallest absolute Gasteiger partial charge is 0.119 e. The first-order valence-corrected chi connectivity index (χ1v) is 6.02. The third-order valence-corrected chi connectivity index (χ3v) is 3.57. The van der Waals surface area contributed by atoms with Gasteiger partial charge in [0.2, 0.25) is 0 Å². The molecular weight excluding hydrogens is 210 g/mol. The molecule has 2 heteroatoms. The maximum atomic E-state index is 8.74. The Labute approximate surface area is 103 Å². The number of benzene rings is 1. The van der Waals surface area contributed by atoms with Gasteiger partial charge in [0.15, 0.2) is 0 Å². The van der Waals surface area contributed by atoms with Crippen molar-refractivity contribution >= 4 is 0 Å². The summed E-state index contributed by atoms with van der Waals surface area (Å²) in [6.07, 6.45) is 1.42. The summed E-state index contributed by atoms with van der Waals surface area (Å²) in [5, 5.41) is 8.74. The van der Waals surface area contributed by atoms with Crippen molar-refractivity contribution in [3.05, 3.63) is 29.8 Å². The first-order chi connectivity index (χ1) is 7.85. The van der Waals surface area contributed by atoms with Gasteiger partial charge in [0.25, 0.3) is 0 Å². The lowest BCUT2D eigenvalue weighted by Crippen LogP contribution is -2.58. The Kier molecular flexibility index (Phi) is 2.66. The standard InChI is InChI=1S/C15H19NO/c1-14(2)10-15(3,4)13(14)17-12-7-5-11(9-16)6-8-12/h5-8,13H,10H2,1-4H3. The molecule has 0 bridgehead atoms. The summed E-state index contributed by atoms with van der Waals surface area (Å²) in [7, 11) is 0. The monoisotopic (exact) mass is 229 g/mol. The van der Waals surface area contributed by atoms with Crippen molar-refractivity contribution in [2.75, 3.05) is 0 Å². The number of hydrogen-bond donors (Lipinski definition) is 0. The fraction of sp³-hybridized carbons (Fsp3) is 0.533. The average molecular weight is 229 g/mol. The molecular formula is C15H19NO. The number of nitrogens with zero attached hydrogens (tertiary/aromatic N) is 1. The highest BCUT2D eigenvalue weighted by Crippen LogP contribution is 2.55. The first-order valence-electron chi connectivity index (χ1n) is 6.02. The summed E-state index contributed by atoms with van der Waals surface area (Å²) in [5.74, 6) is 0.856. The Morgan fingerprint density at radius 3 is 2.06 bits per heavy atom. The van der Waals surface area contributed by atoms with E-state index < -0.39 is 0 Å². The van der Waals surface area contributed by atoms with Crippen molar-refractivity contribution in [1.82, 2.24) is 0 Å². The molecule has 0 N–H and O–H groups in total. The SMILES string of the molecule is CC1(C)CC(C)(C)C1Oc1ccc(C#N)cc1. The lowest BCUT2D eigenvalue weighted by atomic mass is 9.53. The van der Waals surface area contributed by atoms with E-state index in [1.807, 2.05) is 12.1 Å². The molecule has 0 radical (unpaired) electrons. The second-order valence-corrected chi connectivity index (χ2v) is 6.29. The lowest BCUT2D eigenvalue weighted by Gasteiger charge is -2.56. The molecule has 0 unspecified atom stereocenters. The van der Waals surface area contributed by atoms with Crippen LogP contribution in [0.3, 0.4) is 0 Å². The Balaban J connectivity index is 2.13. The predicted octanol–water partition coefficient (Wildman–Crippen LogP) is 3.76. The largest absolute Gasteiger partial charge is 0.489 e. The molecule has 1 fully saturated rings. The van der Waals surface area contributed by atoms with Gasteiger partial charge in [-0.2, -0.15) is 5.26 Å². The van der Waals surface area contributed by atoms with Crippen molar-refractivity contribution in [1.29, 1.82) is 5.26 Å². The van der Waals surface area contributed by atoms with Gasteiger partial charge in [-0.05, 0) is 30.7 Å². The Hall–Kier alpha value is -1.49. The number of rotatable bonds is 2. The fourth-order valence-corrected chi connectivity index (χ4v) is 3.35. The molecule has 1 aliphatic carbocycles. The van der Waals surface area contributed by atoms with Crippen molar-refractivity contribution in [2.24, 2.45) is 10.8 Å². The van der Waals surface area contributed by atoms with Crippen LogP contribution in [0.5, 0.6) is 5.75 Å². The van der Waals surface area contributed by atoms with Crippen molar-refractivity contribution in [2.45, 2.75) is 40.2 Å². The highest BCUT2D eigenvalue weighted by atomic mass is 16.5. The Bertz CT molecular complexity index is 437. The highest BCUT2D eigenvalue weighted by Gasteiger charge is 2.54. The third-order valence-electron chi connectivity index (χ3n) is 3.57. The maximum Gasteiger partial charge on any atom is 0.119 e. The number of nitriles is 1. The first kappa shape index (κ1) is 12.0. The normalized spacial score (nSPS) is 21.4. The minimum atomic E-state index is 0.234. The maximum absolute atomic E-state index is 8.74. The van der Waals surface area contributed by atoms with Gasteiger partial charge in [-0.15, -0.1) is 0 Å². The Morgan fingerprint density at radius 1 is 1.12 bits per heavy atom. The summed E-state index contributed by atoms with van der Waals surface area (Å²) in [6, 6.07) is 9.47. The Morgan fingerprint density at radius 2 is 1.65 bits per heavy atom. The van der Waals surface area contributed by atoms with Gasteiger partial charge in [0, 0.05) is 10.8 Å². The zero-order valence-electron chi connectivity index (χ0n) is 10.9. The zero-order chi connectivity index (χ0) is 12.7. The summed E-state index contributed by atoms with van der Waals surface area (Å²) in [4.78, 5) is 0. The molecule has 0 heterocycles. The molecule has 0 saturated heterocycles. The van der Waals surface area contributed by atoms with Crippen LogP contribution < -0.4 is 4.74 Å². The summed E-state index contributed by atoms with van der Waals surface area (Å²) < 4.78 is 6.07. The second-order valence-electron chi connectivity index (χ2n) is 6.29. The van der Waals surface area contributed by atoms with Gasteiger partial charge < -0.3 is 4.74 Å². The third kappa shape index (κ3) is 2.15. The molecule has 2 nitrogen and oxygen atoms in total. The number of ether oxygens (including phenoxy) is 1. The van der Waals surface area contributed by atoms with Crippen LogP contribution in [-0.4, -0.2) is 6.10 Å². The number of hydrogen-bond acceptors (Lipinski definition) is 2.